The van der Waals surface area contributed by atoms with Crippen LogP contribution < -0.4 is 13.7 Å². The quantitative estimate of drug-likeness (QED) is 0.409. The topological polar surface area (TPSA) is 78.9 Å². The highest BCUT2D eigenvalue weighted by Gasteiger charge is 2.28. The monoisotopic (exact) mass is 436 g/mol. The fourth-order valence-corrected chi connectivity index (χ4v) is 4.00. The number of ether oxygens (including phenoxy) is 2. The van der Waals surface area contributed by atoms with Crippen molar-refractivity contribution in [3.63, 3.8) is 0 Å². The number of allylic oxidation sites excluding steroid dienone is 1. The Morgan fingerprint density at radius 3 is 2.29 bits per heavy atom. The van der Waals surface area contributed by atoms with Crippen molar-refractivity contribution in [2.24, 2.45) is 0 Å². The van der Waals surface area contributed by atoms with Crippen LogP contribution in [0.4, 0.5) is 0 Å². The number of Topliss-reactive ketones (excluding diaryl/α,β-unsaturated/α-hetero) is 1. The van der Waals surface area contributed by atoms with Gasteiger partial charge in [0.05, 0.1) is 12.2 Å². The summed E-state index contributed by atoms with van der Waals surface area (Å²) in [6.45, 7) is 4.34. The van der Waals surface area contributed by atoms with Crippen molar-refractivity contribution >= 4 is 22.0 Å². The average molecular weight is 436 g/mol. The van der Waals surface area contributed by atoms with E-state index in [1.165, 1.54) is 30.3 Å². The molecule has 7 heteroatoms. The molecule has 0 bridgehead atoms. The third-order valence-electron chi connectivity index (χ3n) is 4.65. The van der Waals surface area contributed by atoms with E-state index in [1.54, 1.807) is 18.2 Å². The van der Waals surface area contributed by atoms with Crippen LogP contribution in [-0.4, -0.2) is 20.8 Å². The molecule has 3 aromatic rings. The molecule has 0 aliphatic carbocycles. The van der Waals surface area contributed by atoms with E-state index in [-0.39, 0.29) is 27.9 Å². The van der Waals surface area contributed by atoms with Gasteiger partial charge in [0.15, 0.2) is 5.76 Å². The van der Waals surface area contributed by atoms with Gasteiger partial charge in [0.25, 0.3) is 0 Å². The lowest BCUT2D eigenvalue weighted by atomic mass is 10.1. The van der Waals surface area contributed by atoms with Gasteiger partial charge in [-0.1, -0.05) is 29.8 Å². The van der Waals surface area contributed by atoms with Crippen molar-refractivity contribution in [2.45, 2.75) is 18.7 Å². The normalized spacial score (nSPS) is 14.3. The van der Waals surface area contributed by atoms with Gasteiger partial charge in [-0.3, -0.25) is 4.79 Å². The summed E-state index contributed by atoms with van der Waals surface area (Å²) in [5.74, 6) is 0.922. The summed E-state index contributed by atoms with van der Waals surface area (Å²) < 4.78 is 41.3. The van der Waals surface area contributed by atoms with Gasteiger partial charge in [0.2, 0.25) is 5.78 Å². The van der Waals surface area contributed by atoms with Gasteiger partial charge in [-0.05, 0) is 61.9 Å². The third kappa shape index (κ3) is 4.46. The van der Waals surface area contributed by atoms with Crippen LogP contribution in [0.15, 0.2) is 77.4 Å². The molecular weight excluding hydrogens is 416 g/mol. The fourth-order valence-electron chi connectivity index (χ4n) is 3.08. The van der Waals surface area contributed by atoms with Crippen LogP contribution in [0.5, 0.6) is 17.2 Å². The Bertz CT molecular complexity index is 1260. The first kappa shape index (κ1) is 20.7. The summed E-state index contributed by atoms with van der Waals surface area (Å²) in [7, 11) is -4.00. The van der Waals surface area contributed by atoms with Crippen molar-refractivity contribution in [3.05, 3.63) is 89.2 Å². The Kier molecular flexibility index (Phi) is 5.52. The maximum atomic E-state index is 12.6. The summed E-state index contributed by atoms with van der Waals surface area (Å²) in [6.07, 6.45) is 1.63. The minimum Gasteiger partial charge on any atom is -0.494 e. The maximum absolute atomic E-state index is 12.6. The summed E-state index contributed by atoms with van der Waals surface area (Å²) in [4.78, 5) is 12.7. The highest BCUT2D eigenvalue weighted by atomic mass is 32.2. The lowest BCUT2D eigenvalue weighted by Crippen LogP contribution is -2.09. The first-order valence-electron chi connectivity index (χ1n) is 9.68. The van der Waals surface area contributed by atoms with E-state index in [1.807, 2.05) is 38.1 Å². The van der Waals surface area contributed by atoms with Crippen LogP contribution >= 0.6 is 0 Å². The van der Waals surface area contributed by atoms with Gasteiger partial charge in [0.1, 0.15) is 22.1 Å². The predicted molar refractivity (Wildman–Crippen MR) is 116 cm³/mol. The average Bonchev–Trinajstić information content (AvgIpc) is 3.04. The van der Waals surface area contributed by atoms with Crippen LogP contribution in [0.25, 0.3) is 6.08 Å². The molecule has 1 aliphatic heterocycles. The second kappa shape index (κ2) is 8.28. The van der Waals surface area contributed by atoms with Crippen LogP contribution in [-0.2, 0) is 10.1 Å². The predicted octanol–water partition coefficient (Wildman–Crippen LogP) is 4.78. The lowest BCUT2D eigenvalue weighted by Gasteiger charge is -2.08. The van der Waals surface area contributed by atoms with E-state index >= 15 is 0 Å². The molecule has 0 saturated carbocycles. The van der Waals surface area contributed by atoms with Gasteiger partial charge in [0, 0.05) is 6.07 Å². The lowest BCUT2D eigenvalue weighted by molar-refractivity contribution is 0.101. The Hall–Kier alpha value is -3.58. The van der Waals surface area contributed by atoms with Crippen LogP contribution in [0, 0.1) is 6.92 Å². The Morgan fingerprint density at radius 1 is 0.935 bits per heavy atom. The van der Waals surface area contributed by atoms with E-state index < -0.39 is 10.1 Å². The molecule has 158 valence electrons. The molecule has 0 saturated heterocycles. The Balaban J connectivity index is 1.54. The molecule has 0 unspecified atom stereocenters. The number of aryl methyl sites for hydroxylation is 1. The SMILES string of the molecule is CCOc1ccc(/C=C2\Oc3cc(OS(=O)(=O)c4ccc(C)cc4)ccc3C2=O)cc1. The summed E-state index contributed by atoms with van der Waals surface area (Å²) in [5.41, 5.74) is 2.06. The number of rotatable bonds is 6. The summed E-state index contributed by atoms with van der Waals surface area (Å²) >= 11 is 0. The van der Waals surface area contributed by atoms with E-state index in [9.17, 15) is 13.2 Å². The number of carbonyl (C=O) groups excluding carboxylic acids is 1. The number of ketones is 1. The third-order valence-corrected chi connectivity index (χ3v) is 5.91. The second-order valence-electron chi connectivity index (χ2n) is 6.95. The van der Waals surface area contributed by atoms with Crippen LogP contribution in [0.1, 0.15) is 28.4 Å². The van der Waals surface area contributed by atoms with Crippen LogP contribution in [0.3, 0.4) is 0 Å². The molecule has 1 heterocycles. The first-order chi connectivity index (χ1) is 14.9. The van der Waals surface area contributed by atoms with Gasteiger partial charge in [-0.15, -0.1) is 0 Å². The van der Waals surface area contributed by atoms with E-state index in [0.29, 0.717) is 12.2 Å². The second-order valence-corrected chi connectivity index (χ2v) is 8.50. The van der Waals surface area contributed by atoms with Crippen molar-refractivity contribution < 1.29 is 26.9 Å². The van der Waals surface area contributed by atoms with Gasteiger partial charge < -0.3 is 13.7 Å². The van der Waals surface area contributed by atoms with Crippen molar-refractivity contribution in [1.29, 1.82) is 0 Å². The maximum Gasteiger partial charge on any atom is 0.339 e. The molecule has 31 heavy (non-hydrogen) atoms. The Morgan fingerprint density at radius 2 is 1.61 bits per heavy atom. The number of carbonyl (C=O) groups is 1. The smallest absolute Gasteiger partial charge is 0.339 e. The number of hydrogen-bond acceptors (Lipinski definition) is 6. The van der Waals surface area contributed by atoms with Gasteiger partial charge >= 0.3 is 10.1 Å². The van der Waals surface area contributed by atoms with Crippen LogP contribution in [0.2, 0.25) is 0 Å². The molecule has 0 fully saturated rings. The zero-order chi connectivity index (χ0) is 22.0. The standard InChI is InChI=1S/C24H20O6S/c1-3-28-18-8-6-17(7-9-18)14-23-24(25)21-13-10-19(15-22(21)29-23)30-31(26,27)20-11-4-16(2)5-12-20/h4-15H,3H2,1-2H3/b23-14-. The largest absolute Gasteiger partial charge is 0.494 e. The first-order valence-corrected chi connectivity index (χ1v) is 11.1. The number of fused-ring (bicyclic) bond motifs is 1. The van der Waals surface area contributed by atoms with Crippen molar-refractivity contribution in [3.8, 4) is 17.2 Å². The van der Waals surface area contributed by atoms with E-state index in [0.717, 1.165) is 16.9 Å². The number of benzene rings is 3. The molecular formula is C24H20O6S. The van der Waals surface area contributed by atoms with E-state index in [2.05, 4.69) is 0 Å². The van der Waals surface area contributed by atoms with Crippen molar-refractivity contribution in [1.82, 2.24) is 0 Å². The van der Waals surface area contributed by atoms with Gasteiger partial charge in [-0.25, -0.2) is 0 Å². The fraction of sp³-hybridized carbons (Fsp3) is 0.125. The van der Waals surface area contributed by atoms with E-state index in [4.69, 9.17) is 13.7 Å². The highest BCUT2D eigenvalue weighted by molar-refractivity contribution is 7.87. The molecule has 4 rings (SSSR count). The zero-order valence-electron chi connectivity index (χ0n) is 17.0. The summed E-state index contributed by atoms with van der Waals surface area (Å²) in [6, 6.07) is 17.9. The molecule has 0 N–H and O–H groups in total. The molecule has 1 aliphatic rings. The molecule has 3 aromatic carbocycles. The Labute approximate surface area is 180 Å². The molecule has 6 nitrogen and oxygen atoms in total. The minimum absolute atomic E-state index is 0.0478. The highest BCUT2D eigenvalue weighted by Crippen LogP contribution is 2.35. The molecule has 0 atom stereocenters. The molecule has 0 spiro atoms. The molecule has 0 aromatic heterocycles. The van der Waals surface area contributed by atoms with Gasteiger partial charge in [-0.2, -0.15) is 8.42 Å². The zero-order valence-corrected chi connectivity index (χ0v) is 17.8. The minimum atomic E-state index is -4.00. The number of hydrogen-bond donors (Lipinski definition) is 0. The summed E-state index contributed by atoms with van der Waals surface area (Å²) in [5, 5.41) is 0. The molecule has 0 radical (unpaired) electrons. The molecule has 0 amide bonds. The van der Waals surface area contributed by atoms with Crippen molar-refractivity contribution in [2.75, 3.05) is 6.61 Å².